The van der Waals surface area contributed by atoms with Crippen LogP contribution in [-0.2, 0) is 10.2 Å². The van der Waals surface area contributed by atoms with E-state index in [-0.39, 0.29) is 0 Å². The van der Waals surface area contributed by atoms with Gasteiger partial charge < -0.3 is 5.32 Å². The first-order valence-electron chi connectivity index (χ1n) is 7.81. The normalized spacial score (nSPS) is 21.2. The van der Waals surface area contributed by atoms with E-state index in [1.807, 2.05) is 0 Å². The van der Waals surface area contributed by atoms with E-state index in [1.54, 1.807) is 11.4 Å². The van der Waals surface area contributed by atoms with Crippen molar-refractivity contribution in [3.8, 4) is 0 Å². The Hall–Kier alpha value is -0.170. The largest absolute Gasteiger partial charge is 0.317 e. The third kappa shape index (κ3) is 4.98. The van der Waals surface area contributed by atoms with Crippen molar-refractivity contribution in [3.05, 3.63) is 0 Å². The van der Waals surface area contributed by atoms with Gasteiger partial charge in [-0.25, -0.2) is 0 Å². The van der Waals surface area contributed by atoms with Crippen LogP contribution in [0.5, 0.6) is 0 Å². The lowest BCUT2D eigenvalue weighted by Gasteiger charge is -2.24. The quantitative estimate of drug-likeness (QED) is 0.657. The fraction of sp³-hybridized carbons (Fsp3) is 1.00. The van der Waals surface area contributed by atoms with Gasteiger partial charge in [0.1, 0.15) is 0 Å². The molecule has 0 radical (unpaired) electrons. The fourth-order valence-electron chi connectivity index (χ4n) is 2.55. The average Bonchev–Trinajstić information content (AvgIpc) is 2.88. The molecule has 0 amide bonds. The van der Waals surface area contributed by atoms with E-state index in [4.69, 9.17) is 0 Å². The summed E-state index contributed by atoms with van der Waals surface area (Å²) in [6, 6.07) is 0. The number of hydrogen-bond donors (Lipinski definition) is 1. The van der Waals surface area contributed by atoms with Crippen molar-refractivity contribution in [1.82, 2.24) is 13.9 Å². The molecule has 0 bridgehead atoms. The highest BCUT2D eigenvalue weighted by Gasteiger charge is 2.34. The molecule has 0 aromatic rings. The van der Waals surface area contributed by atoms with Crippen molar-refractivity contribution >= 4 is 10.2 Å². The molecular weight excluding hydrogens is 274 g/mol. The Kier molecular flexibility index (Phi) is 7.43. The van der Waals surface area contributed by atoms with E-state index < -0.39 is 10.2 Å². The second-order valence-corrected chi connectivity index (χ2v) is 8.12. The van der Waals surface area contributed by atoms with E-state index in [2.05, 4.69) is 26.1 Å². The van der Waals surface area contributed by atoms with Crippen LogP contribution in [0.2, 0.25) is 0 Å². The minimum Gasteiger partial charge on any atom is -0.317 e. The summed E-state index contributed by atoms with van der Waals surface area (Å²) in [5.74, 6) is 1.06. The Morgan fingerprint density at radius 2 is 2.05 bits per heavy atom. The zero-order chi connectivity index (χ0) is 15.2. The monoisotopic (exact) mass is 305 g/mol. The van der Waals surface area contributed by atoms with Gasteiger partial charge in [0.2, 0.25) is 0 Å². The van der Waals surface area contributed by atoms with Crippen molar-refractivity contribution in [1.29, 1.82) is 0 Å². The molecule has 1 atom stereocenters. The lowest BCUT2D eigenvalue weighted by Crippen LogP contribution is -2.41. The summed E-state index contributed by atoms with van der Waals surface area (Å²) in [6.45, 7) is 10.3. The van der Waals surface area contributed by atoms with Crippen molar-refractivity contribution in [2.75, 3.05) is 39.8 Å². The summed E-state index contributed by atoms with van der Waals surface area (Å²) in [6.07, 6.45) is 2.96. The lowest BCUT2D eigenvalue weighted by atomic mass is 9.96. The molecule has 1 heterocycles. The zero-order valence-corrected chi connectivity index (χ0v) is 14.2. The molecular formula is C14H31N3O2S. The Bertz CT molecular complexity index is 371. The van der Waals surface area contributed by atoms with Gasteiger partial charge in [0.25, 0.3) is 10.2 Å². The SMILES string of the molecule is CCCNCCCN(C)S(=O)(=O)N1CCC(C(C)C)C1. The predicted octanol–water partition coefficient (Wildman–Crippen LogP) is 1.53. The molecule has 1 rings (SSSR count). The van der Waals surface area contributed by atoms with Crippen LogP contribution >= 0.6 is 0 Å². The minimum absolute atomic E-state index is 0.504. The second-order valence-electron chi connectivity index (χ2n) is 6.08. The van der Waals surface area contributed by atoms with Gasteiger partial charge in [-0.1, -0.05) is 20.8 Å². The van der Waals surface area contributed by atoms with Crippen LogP contribution in [0.1, 0.15) is 40.0 Å². The van der Waals surface area contributed by atoms with Crippen LogP contribution in [0.15, 0.2) is 0 Å². The van der Waals surface area contributed by atoms with Crippen LogP contribution in [0.25, 0.3) is 0 Å². The Labute approximate surface area is 124 Å². The molecule has 1 aliphatic rings. The van der Waals surface area contributed by atoms with Gasteiger partial charge in [0, 0.05) is 26.7 Å². The predicted molar refractivity (Wildman–Crippen MR) is 83.8 cm³/mol. The summed E-state index contributed by atoms with van der Waals surface area (Å²) >= 11 is 0. The Morgan fingerprint density at radius 3 is 2.60 bits per heavy atom. The van der Waals surface area contributed by atoms with E-state index >= 15 is 0 Å². The topological polar surface area (TPSA) is 52.7 Å². The maximum absolute atomic E-state index is 12.5. The molecule has 0 aromatic carbocycles. The maximum atomic E-state index is 12.5. The molecule has 0 aromatic heterocycles. The van der Waals surface area contributed by atoms with Gasteiger partial charge in [-0.2, -0.15) is 17.0 Å². The van der Waals surface area contributed by atoms with Crippen LogP contribution in [0, 0.1) is 11.8 Å². The number of nitrogens with zero attached hydrogens (tertiary/aromatic N) is 2. The standard InChI is InChI=1S/C14H31N3O2S/c1-5-8-15-9-6-10-16(4)20(18,19)17-11-7-14(12-17)13(2)3/h13-15H,5-12H2,1-4H3. The highest BCUT2D eigenvalue weighted by atomic mass is 32.2. The van der Waals surface area contributed by atoms with Gasteiger partial charge in [-0.15, -0.1) is 0 Å². The number of nitrogens with one attached hydrogen (secondary N) is 1. The van der Waals surface area contributed by atoms with Crippen molar-refractivity contribution in [3.63, 3.8) is 0 Å². The minimum atomic E-state index is -3.26. The summed E-state index contributed by atoms with van der Waals surface area (Å²) in [4.78, 5) is 0. The van der Waals surface area contributed by atoms with E-state index in [9.17, 15) is 8.42 Å². The van der Waals surface area contributed by atoms with Crippen LogP contribution < -0.4 is 5.32 Å². The number of rotatable bonds is 9. The Morgan fingerprint density at radius 1 is 1.35 bits per heavy atom. The van der Waals surface area contributed by atoms with Gasteiger partial charge in [-0.3, -0.25) is 0 Å². The highest BCUT2D eigenvalue weighted by Crippen LogP contribution is 2.26. The number of hydrogen-bond acceptors (Lipinski definition) is 3. The maximum Gasteiger partial charge on any atom is 0.281 e. The van der Waals surface area contributed by atoms with Gasteiger partial charge >= 0.3 is 0 Å². The molecule has 1 fully saturated rings. The molecule has 5 nitrogen and oxygen atoms in total. The molecule has 20 heavy (non-hydrogen) atoms. The fourth-order valence-corrected chi connectivity index (χ4v) is 4.02. The van der Waals surface area contributed by atoms with Gasteiger partial charge in [0.05, 0.1) is 0 Å². The second kappa shape index (κ2) is 8.32. The summed E-state index contributed by atoms with van der Waals surface area (Å²) in [5.41, 5.74) is 0. The Balaban J connectivity index is 2.40. The summed E-state index contributed by atoms with van der Waals surface area (Å²) in [5, 5.41) is 3.30. The van der Waals surface area contributed by atoms with Gasteiger partial charge in [-0.05, 0) is 44.2 Å². The molecule has 0 saturated carbocycles. The lowest BCUT2D eigenvalue weighted by molar-refractivity contribution is 0.360. The van der Waals surface area contributed by atoms with Crippen LogP contribution in [-0.4, -0.2) is 56.8 Å². The van der Waals surface area contributed by atoms with Crippen LogP contribution in [0.3, 0.4) is 0 Å². The average molecular weight is 305 g/mol. The first-order chi connectivity index (χ1) is 9.39. The first kappa shape index (κ1) is 17.9. The summed E-state index contributed by atoms with van der Waals surface area (Å²) < 4.78 is 28.1. The van der Waals surface area contributed by atoms with Crippen molar-refractivity contribution in [2.24, 2.45) is 11.8 Å². The molecule has 1 aliphatic heterocycles. The van der Waals surface area contributed by atoms with Gasteiger partial charge in [0.15, 0.2) is 0 Å². The third-order valence-electron chi connectivity index (χ3n) is 4.10. The molecule has 120 valence electrons. The molecule has 1 saturated heterocycles. The third-order valence-corrected chi connectivity index (χ3v) is 6.06. The van der Waals surface area contributed by atoms with E-state index in [0.29, 0.717) is 31.5 Å². The van der Waals surface area contributed by atoms with Crippen LogP contribution in [0.4, 0.5) is 0 Å². The van der Waals surface area contributed by atoms with Crippen molar-refractivity contribution in [2.45, 2.75) is 40.0 Å². The van der Waals surface area contributed by atoms with Crippen molar-refractivity contribution < 1.29 is 8.42 Å². The smallest absolute Gasteiger partial charge is 0.281 e. The molecule has 0 spiro atoms. The molecule has 1 N–H and O–H groups in total. The summed E-state index contributed by atoms with van der Waals surface area (Å²) in [7, 11) is -1.57. The first-order valence-corrected chi connectivity index (χ1v) is 9.21. The van der Waals surface area contributed by atoms with E-state index in [0.717, 1.165) is 32.4 Å². The van der Waals surface area contributed by atoms with E-state index in [1.165, 1.54) is 4.31 Å². The molecule has 6 heteroatoms. The zero-order valence-electron chi connectivity index (χ0n) is 13.4. The molecule has 1 unspecified atom stereocenters. The highest BCUT2D eigenvalue weighted by molar-refractivity contribution is 7.86. The molecule has 0 aliphatic carbocycles.